The zero-order valence-electron chi connectivity index (χ0n) is 14.5. The molecule has 7 nitrogen and oxygen atoms in total. The highest BCUT2D eigenvalue weighted by molar-refractivity contribution is 7.99. The fraction of sp³-hybridized carbons (Fsp3) is 0. The van der Waals surface area contributed by atoms with E-state index in [0.29, 0.717) is 5.69 Å². The molecule has 0 spiro atoms. The second-order valence-electron chi connectivity index (χ2n) is 5.62. The molecule has 3 rings (SSSR count). The van der Waals surface area contributed by atoms with Gasteiger partial charge in [-0.1, -0.05) is 42.1 Å². The second-order valence-corrected chi connectivity index (χ2v) is 6.74. The van der Waals surface area contributed by atoms with Crippen LogP contribution >= 0.6 is 11.8 Å². The topological polar surface area (TPSA) is 101 Å². The molecular weight excluding hydrogens is 378 g/mol. The lowest BCUT2D eigenvalue weighted by Crippen LogP contribution is -2.29. The molecule has 0 bridgehead atoms. The van der Waals surface area contributed by atoms with Crippen LogP contribution < -0.4 is 10.6 Å². The third-order valence-electron chi connectivity index (χ3n) is 3.65. The highest BCUT2D eigenvalue weighted by Crippen LogP contribution is 2.33. The summed E-state index contributed by atoms with van der Waals surface area (Å²) in [6.07, 6.45) is 0. The normalized spacial score (nSPS) is 10.1. The van der Waals surface area contributed by atoms with Gasteiger partial charge in [0, 0.05) is 27.6 Å². The minimum absolute atomic E-state index is 0.102. The third-order valence-corrected chi connectivity index (χ3v) is 4.73. The summed E-state index contributed by atoms with van der Waals surface area (Å²) in [5.41, 5.74) is 0.701. The van der Waals surface area contributed by atoms with Crippen LogP contribution in [-0.2, 0) is 9.59 Å². The summed E-state index contributed by atoms with van der Waals surface area (Å²) in [5.74, 6) is -1.70. The van der Waals surface area contributed by atoms with Gasteiger partial charge in [0.05, 0.1) is 10.6 Å². The predicted octanol–water partition coefficient (Wildman–Crippen LogP) is 4.32. The van der Waals surface area contributed by atoms with Gasteiger partial charge in [-0.15, -0.1) is 0 Å². The Labute approximate surface area is 164 Å². The van der Waals surface area contributed by atoms with Crippen molar-refractivity contribution >= 4 is 40.6 Å². The van der Waals surface area contributed by atoms with E-state index in [-0.39, 0.29) is 11.4 Å². The smallest absolute Gasteiger partial charge is 0.314 e. The molecule has 8 heteroatoms. The van der Waals surface area contributed by atoms with Gasteiger partial charge in [-0.25, -0.2) is 0 Å². The van der Waals surface area contributed by atoms with Gasteiger partial charge in [0.2, 0.25) is 0 Å². The number of nitro benzene ring substituents is 1. The zero-order valence-corrected chi connectivity index (χ0v) is 15.3. The minimum Gasteiger partial charge on any atom is -0.318 e. The summed E-state index contributed by atoms with van der Waals surface area (Å²) in [6.45, 7) is 0. The molecule has 0 saturated heterocycles. The quantitative estimate of drug-likeness (QED) is 0.382. The van der Waals surface area contributed by atoms with Gasteiger partial charge in [0.25, 0.3) is 5.69 Å². The number of para-hydroxylation sites is 1. The molecule has 0 saturated carbocycles. The number of nitrogens with zero attached hydrogens (tertiary/aromatic N) is 1. The van der Waals surface area contributed by atoms with Crippen LogP contribution in [0.4, 0.5) is 17.1 Å². The summed E-state index contributed by atoms with van der Waals surface area (Å²) in [7, 11) is 0. The maximum absolute atomic E-state index is 12.3. The van der Waals surface area contributed by atoms with Crippen molar-refractivity contribution in [2.75, 3.05) is 10.6 Å². The Balaban J connectivity index is 1.67. The second kappa shape index (κ2) is 8.83. The number of rotatable bonds is 5. The molecule has 0 aliphatic heterocycles. The van der Waals surface area contributed by atoms with Crippen molar-refractivity contribution in [1.29, 1.82) is 0 Å². The van der Waals surface area contributed by atoms with E-state index in [9.17, 15) is 19.7 Å². The molecule has 3 aromatic rings. The summed E-state index contributed by atoms with van der Waals surface area (Å²) >= 11 is 1.47. The van der Waals surface area contributed by atoms with Crippen LogP contribution in [0.15, 0.2) is 88.7 Å². The number of nitrogens with one attached hydrogen (secondary N) is 2. The number of hydrogen-bond acceptors (Lipinski definition) is 5. The number of benzene rings is 3. The Bertz CT molecular complexity index is 1010. The van der Waals surface area contributed by atoms with E-state index < -0.39 is 16.7 Å². The van der Waals surface area contributed by atoms with Gasteiger partial charge in [0.15, 0.2) is 0 Å². The van der Waals surface area contributed by atoms with E-state index in [4.69, 9.17) is 0 Å². The van der Waals surface area contributed by atoms with Crippen LogP contribution in [-0.4, -0.2) is 16.7 Å². The van der Waals surface area contributed by atoms with Crippen molar-refractivity contribution in [3.05, 3.63) is 89.0 Å². The maximum atomic E-state index is 12.3. The molecule has 0 aliphatic rings. The highest BCUT2D eigenvalue weighted by atomic mass is 32.2. The number of carbonyl (C=O) groups is 2. The molecule has 0 heterocycles. The van der Waals surface area contributed by atoms with Gasteiger partial charge >= 0.3 is 11.8 Å². The van der Waals surface area contributed by atoms with Crippen LogP contribution in [0.1, 0.15) is 0 Å². The average molecular weight is 393 g/mol. The number of amides is 2. The minimum atomic E-state index is -0.867. The molecular formula is C20H15N3O4S. The van der Waals surface area contributed by atoms with E-state index in [0.717, 1.165) is 9.79 Å². The van der Waals surface area contributed by atoms with Crippen molar-refractivity contribution in [1.82, 2.24) is 0 Å². The van der Waals surface area contributed by atoms with E-state index >= 15 is 0 Å². The fourth-order valence-electron chi connectivity index (χ4n) is 2.31. The molecule has 0 atom stereocenters. The lowest BCUT2D eigenvalue weighted by molar-refractivity contribution is -0.384. The maximum Gasteiger partial charge on any atom is 0.314 e. The summed E-state index contributed by atoms with van der Waals surface area (Å²) in [6, 6.07) is 22.0. The van der Waals surface area contributed by atoms with Crippen LogP contribution in [0.5, 0.6) is 0 Å². The Morgan fingerprint density at radius 1 is 0.786 bits per heavy atom. The van der Waals surface area contributed by atoms with Crippen LogP contribution in [0.2, 0.25) is 0 Å². The first-order valence-electron chi connectivity index (χ1n) is 8.21. The summed E-state index contributed by atoms with van der Waals surface area (Å²) < 4.78 is 0. The number of non-ortho nitro benzene ring substituents is 1. The number of carbonyl (C=O) groups excluding carboxylic acids is 2. The average Bonchev–Trinajstić information content (AvgIpc) is 2.70. The molecule has 0 unspecified atom stereocenters. The molecule has 140 valence electrons. The van der Waals surface area contributed by atoms with Crippen molar-refractivity contribution in [3.8, 4) is 0 Å². The number of nitro groups is 1. The lowest BCUT2D eigenvalue weighted by Gasteiger charge is -2.11. The molecule has 0 radical (unpaired) electrons. The largest absolute Gasteiger partial charge is 0.318 e. The van der Waals surface area contributed by atoms with Crippen LogP contribution in [0, 0.1) is 10.1 Å². The van der Waals surface area contributed by atoms with Crippen molar-refractivity contribution in [3.63, 3.8) is 0 Å². The first kappa shape index (κ1) is 19.1. The van der Waals surface area contributed by atoms with Gasteiger partial charge in [-0.3, -0.25) is 19.7 Å². The monoisotopic (exact) mass is 393 g/mol. The van der Waals surface area contributed by atoms with E-state index in [1.54, 1.807) is 12.1 Å². The molecule has 0 aromatic heterocycles. The van der Waals surface area contributed by atoms with E-state index in [2.05, 4.69) is 10.6 Å². The van der Waals surface area contributed by atoms with E-state index in [1.165, 1.54) is 36.0 Å². The predicted molar refractivity (Wildman–Crippen MR) is 107 cm³/mol. The number of anilines is 2. The van der Waals surface area contributed by atoms with Crippen molar-refractivity contribution in [2.24, 2.45) is 0 Å². The Morgan fingerprint density at radius 3 is 2.07 bits per heavy atom. The van der Waals surface area contributed by atoms with Gasteiger partial charge in [0.1, 0.15) is 0 Å². The molecule has 0 fully saturated rings. The van der Waals surface area contributed by atoms with Crippen molar-refractivity contribution < 1.29 is 14.5 Å². The lowest BCUT2D eigenvalue weighted by atomic mass is 10.3. The summed E-state index contributed by atoms with van der Waals surface area (Å²) in [4.78, 5) is 36.3. The van der Waals surface area contributed by atoms with Gasteiger partial charge < -0.3 is 10.6 Å². The van der Waals surface area contributed by atoms with Gasteiger partial charge in [-0.05, 0) is 36.4 Å². The highest BCUT2D eigenvalue weighted by Gasteiger charge is 2.16. The Hall–Kier alpha value is -3.65. The molecule has 2 amide bonds. The Kier molecular flexibility index (Phi) is 6.03. The van der Waals surface area contributed by atoms with Gasteiger partial charge in [-0.2, -0.15) is 0 Å². The van der Waals surface area contributed by atoms with Crippen LogP contribution in [0.3, 0.4) is 0 Å². The molecule has 2 N–H and O–H groups in total. The summed E-state index contributed by atoms with van der Waals surface area (Å²) in [5, 5.41) is 15.7. The fourth-order valence-corrected chi connectivity index (χ4v) is 3.23. The first-order valence-corrected chi connectivity index (χ1v) is 9.03. The standard InChI is InChI=1S/C20H15N3O4S/c24-19(21-14-10-12-15(13-11-14)23(26)27)20(25)22-17-8-4-5-9-18(17)28-16-6-2-1-3-7-16/h1-13H,(H,21,24)(H,22,25). The molecule has 28 heavy (non-hydrogen) atoms. The number of hydrogen-bond donors (Lipinski definition) is 2. The van der Waals surface area contributed by atoms with Crippen molar-refractivity contribution in [2.45, 2.75) is 9.79 Å². The zero-order chi connectivity index (χ0) is 19.9. The Morgan fingerprint density at radius 2 is 1.39 bits per heavy atom. The molecule has 0 aliphatic carbocycles. The SMILES string of the molecule is O=C(Nc1ccc([N+](=O)[O-])cc1)C(=O)Nc1ccccc1Sc1ccccc1. The third kappa shape index (κ3) is 4.95. The van der Waals surface area contributed by atoms with E-state index in [1.807, 2.05) is 42.5 Å². The molecule has 3 aromatic carbocycles. The first-order chi connectivity index (χ1) is 13.5. The van der Waals surface area contributed by atoms with Crippen LogP contribution in [0.25, 0.3) is 0 Å².